The average Bonchev–Trinajstić information content (AvgIpc) is 3.17. The van der Waals surface area contributed by atoms with E-state index in [0.29, 0.717) is 28.0 Å². The summed E-state index contributed by atoms with van der Waals surface area (Å²) in [5.74, 6) is 0.481. The van der Waals surface area contributed by atoms with Crippen molar-refractivity contribution in [2.75, 3.05) is 45.5 Å². The van der Waals surface area contributed by atoms with Gasteiger partial charge in [-0.1, -0.05) is 35.1 Å². The van der Waals surface area contributed by atoms with Gasteiger partial charge in [-0.2, -0.15) is 0 Å². The summed E-state index contributed by atoms with van der Waals surface area (Å²) < 4.78 is 29.6. The van der Waals surface area contributed by atoms with Gasteiger partial charge >= 0.3 is 0 Å². The largest absolute Gasteiger partial charge is 0.494 e. The minimum atomic E-state index is -3.29. The molecule has 180 valence electrons. The van der Waals surface area contributed by atoms with E-state index in [-0.39, 0.29) is 29.6 Å². The van der Waals surface area contributed by atoms with Crippen LogP contribution in [0.3, 0.4) is 0 Å². The van der Waals surface area contributed by atoms with E-state index in [1.165, 1.54) is 23.5 Å². The fourth-order valence-corrected chi connectivity index (χ4v) is 5.15. The Hall–Kier alpha value is -1.91. The van der Waals surface area contributed by atoms with E-state index >= 15 is 0 Å². The summed E-state index contributed by atoms with van der Waals surface area (Å²) in [6.45, 7) is 1.32. The number of hydrogen-bond acceptors (Lipinski definition) is 7. The molecule has 2 aromatic carbocycles. The normalized spacial score (nSPS) is 11.5. The summed E-state index contributed by atoms with van der Waals surface area (Å²) in [4.78, 5) is 21.9. The van der Waals surface area contributed by atoms with E-state index in [4.69, 9.17) is 16.3 Å². The molecular weight excluding hydrogens is 505 g/mol. The molecule has 3 aromatic rings. The molecular formula is C22H27Cl2N3O4S2. The number of amides is 1. The first-order valence-electron chi connectivity index (χ1n) is 9.97. The van der Waals surface area contributed by atoms with Crippen molar-refractivity contribution < 1.29 is 17.9 Å². The molecule has 0 atom stereocenters. The third-order valence-corrected chi connectivity index (χ3v) is 7.56. The molecule has 11 heteroatoms. The number of methoxy groups -OCH3 is 1. The molecule has 0 bridgehead atoms. The van der Waals surface area contributed by atoms with Crippen LogP contribution in [0.2, 0.25) is 5.02 Å². The first-order valence-corrected chi connectivity index (χ1v) is 13.1. The lowest BCUT2D eigenvalue weighted by Gasteiger charge is -2.21. The van der Waals surface area contributed by atoms with E-state index in [9.17, 15) is 13.2 Å². The maximum Gasteiger partial charge on any atom is 0.233 e. The number of ether oxygens (including phenoxy) is 1. The Bertz CT molecular complexity index is 1210. The number of sulfone groups is 1. The number of hydrogen-bond donors (Lipinski definition) is 0. The number of anilines is 1. The highest BCUT2D eigenvalue weighted by Gasteiger charge is 2.22. The lowest BCUT2D eigenvalue weighted by atomic mass is 10.1. The van der Waals surface area contributed by atoms with Crippen molar-refractivity contribution in [2.24, 2.45) is 0 Å². The van der Waals surface area contributed by atoms with Gasteiger partial charge in [-0.15, -0.1) is 12.4 Å². The molecule has 7 nitrogen and oxygen atoms in total. The molecule has 0 aliphatic rings. The SMILES string of the molecule is COc1ccc(Cl)c2sc(N(CCCN(C)C)C(=O)Cc3ccc(S(C)(=O)=O)cc3)nc12.Cl. The van der Waals surface area contributed by atoms with Crippen molar-refractivity contribution in [3.05, 3.63) is 47.0 Å². The van der Waals surface area contributed by atoms with Crippen LogP contribution >= 0.6 is 35.3 Å². The summed E-state index contributed by atoms with van der Waals surface area (Å²) in [5.41, 5.74) is 1.36. The number of halogens is 2. The molecule has 0 aliphatic carbocycles. The Balaban J connectivity index is 0.00000385. The number of carbonyl (C=O) groups excluding carboxylic acids is 1. The molecule has 33 heavy (non-hydrogen) atoms. The van der Waals surface area contributed by atoms with Gasteiger partial charge in [0, 0.05) is 12.8 Å². The molecule has 0 fully saturated rings. The van der Waals surface area contributed by atoms with Crippen molar-refractivity contribution in [1.29, 1.82) is 0 Å². The smallest absolute Gasteiger partial charge is 0.233 e. The average molecular weight is 533 g/mol. The van der Waals surface area contributed by atoms with Gasteiger partial charge in [-0.3, -0.25) is 9.69 Å². The molecule has 0 aliphatic heterocycles. The highest BCUT2D eigenvalue weighted by Crippen LogP contribution is 2.38. The van der Waals surface area contributed by atoms with Gasteiger partial charge in [0.25, 0.3) is 0 Å². The van der Waals surface area contributed by atoms with Crippen LogP contribution in [-0.2, 0) is 21.1 Å². The Labute approximate surface area is 209 Å². The third kappa shape index (κ3) is 6.80. The topological polar surface area (TPSA) is 79.8 Å². The Kier molecular flexibility index (Phi) is 9.51. The zero-order valence-corrected chi connectivity index (χ0v) is 22.1. The van der Waals surface area contributed by atoms with Crippen LogP contribution in [0, 0.1) is 0 Å². The Morgan fingerprint density at radius 1 is 1.12 bits per heavy atom. The van der Waals surface area contributed by atoms with Crippen LogP contribution in [0.4, 0.5) is 5.13 Å². The standard InChI is InChI=1S/C22H26ClN3O4S2.ClH/c1-25(2)12-5-13-26(19(27)14-15-6-8-16(9-7-15)32(4,28)29)22-24-20-18(30-3)11-10-17(23)21(20)31-22;/h6-11H,5,12-14H2,1-4H3;1H. The van der Waals surface area contributed by atoms with Gasteiger partial charge in [-0.05, 0) is 56.9 Å². The van der Waals surface area contributed by atoms with Crippen LogP contribution in [0.5, 0.6) is 5.75 Å². The molecule has 0 spiro atoms. The zero-order chi connectivity index (χ0) is 23.5. The van der Waals surface area contributed by atoms with Crippen molar-refractivity contribution in [2.45, 2.75) is 17.7 Å². The lowest BCUT2D eigenvalue weighted by molar-refractivity contribution is -0.118. The summed E-state index contributed by atoms with van der Waals surface area (Å²) in [6, 6.07) is 9.91. The fourth-order valence-electron chi connectivity index (χ4n) is 3.22. The monoisotopic (exact) mass is 531 g/mol. The van der Waals surface area contributed by atoms with Crippen LogP contribution < -0.4 is 9.64 Å². The number of fused-ring (bicyclic) bond motifs is 1. The molecule has 3 rings (SSSR count). The van der Waals surface area contributed by atoms with E-state index in [0.717, 1.165) is 29.5 Å². The minimum Gasteiger partial charge on any atom is -0.494 e. The number of benzene rings is 2. The number of carbonyl (C=O) groups is 1. The molecule has 0 saturated carbocycles. The van der Waals surface area contributed by atoms with Gasteiger partial charge in [0.1, 0.15) is 11.3 Å². The molecule has 1 amide bonds. The van der Waals surface area contributed by atoms with Crippen molar-refractivity contribution in [3.8, 4) is 5.75 Å². The van der Waals surface area contributed by atoms with E-state index in [1.54, 1.807) is 36.3 Å². The molecule has 0 N–H and O–H groups in total. The molecule has 1 heterocycles. The molecule has 1 aromatic heterocycles. The van der Waals surface area contributed by atoms with Crippen LogP contribution in [0.1, 0.15) is 12.0 Å². The third-order valence-electron chi connectivity index (χ3n) is 4.89. The van der Waals surface area contributed by atoms with Crippen molar-refractivity contribution >= 4 is 66.4 Å². The maximum absolute atomic E-state index is 13.3. The second kappa shape index (κ2) is 11.5. The van der Waals surface area contributed by atoms with Gasteiger partial charge in [0.15, 0.2) is 15.0 Å². The van der Waals surface area contributed by atoms with Crippen molar-refractivity contribution in [1.82, 2.24) is 9.88 Å². The predicted molar refractivity (Wildman–Crippen MR) is 137 cm³/mol. The molecule has 0 radical (unpaired) electrons. The number of aromatic nitrogens is 1. The fraction of sp³-hybridized carbons (Fsp3) is 0.364. The molecule has 0 saturated heterocycles. The highest BCUT2D eigenvalue weighted by molar-refractivity contribution is 7.90. The van der Waals surface area contributed by atoms with Crippen LogP contribution in [-0.4, -0.2) is 64.8 Å². The highest BCUT2D eigenvalue weighted by atomic mass is 35.5. The summed E-state index contributed by atoms with van der Waals surface area (Å²) >= 11 is 7.72. The lowest BCUT2D eigenvalue weighted by Crippen LogP contribution is -2.34. The summed E-state index contributed by atoms with van der Waals surface area (Å²) in [6.07, 6.45) is 2.06. The predicted octanol–water partition coefficient (Wildman–Crippen LogP) is 4.31. The summed E-state index contributed by atoms with van der Waals surface area (Å²) in [7, 11) is 2.25. The number of rotatable bonds is 9. The Morgan fingerprint density at radius 3 is 2.36 bits per heavy atom. The number of thiazole rings is 1. The first-order chi connectivity index (χ1) is 15.1. The van der Waals surface area contributed by atoms with Crippen LogP contribution in [0.25, 0.3) is 10.2 Å². The van der Waals surface area contributed by atoms with Crippen molar-refractivity contribution in [3.63, 3.8) is 0 Å². The zero-order valence-electron chi connectivity index (χ0n) is 18.9. The van der Waals surface area contributed by atoms with E-state index < -0.39 is 9.84 Å². The molecule has 0 unspecified atom stereocenters. The Morgan fingerprint density at radius 2 is 1.79 bits per heavy atom. The van der Waals surface area contributed by atoms with Crippen LogP contribution in [0.15, 0.2) is 41.3 Å². The number of nitrogens with zero attached hydrogens (tertiary/aromatic N) is 3. The minimum absolute atomic E-state index is 0. The van der Waals surface area contributed by atoms with E-state index in [1.807, 2.05) is 14.1 Å². The first kappa shape index (κ1) is 27.3. The van der Waals surface area contributed by atoms with Gasteiger partial charge in [0.05, 0.1) is 28.1 Å². The quantitative estimate of drug-likeness (QED) is 0.409. The second-order valence-corrected chi connectivity index (χ2v) is 11.1. The van der Waals surface area contributed by atoms with Gasteiger partial charge < -0.3 is 9.64 Å². The van der Waals surface area contributed by atoms with Gasteiger partial charge in [0.2, 0.25) is 5.91 Å². The van der Waals surface area contributed by atoms with Gasteiger partial charge in [-0.25, -0.2) is 13.4 Å². The van der Waals surface area contributed by atoms with E-state index in [2.05, 4.69) is 9.88 Å². The summed E-state index contributed by atoms with van der Waals surface area (Å²) in [5, 5.41) is 1.12. The second-order valence-electron chi connectivity index (χ2n) is 7.72. The maximum atomic E-state index is 13.3.